The molecule has 3 rings (SSSR count). The third kappa shape index (κ3) is 4.53. The quantitative estimate of drug-likeness (QED) is 0.836. The van der Waals surface area contributed by atoms with Gasteiger partial charge in [-0.1, -0.05) is 12.1 Å². The molecule has 0 radical (unpaired) electrons. The van der Waals surface area contributed by atoms with E-state index in [-0.39, 0.29) is 11.9 Å². The monoisotopic (exact) mass is 320 g/mol. The van der Waals surface area contributed by atoms with Crippen LogP contribution in [-0.2, 0) is 4.79 Å². The van der Waals surface area contributed by atoms with Crippen LogP contribution in [0.15, 0.2) is 4.52 Å². The van der Waals surface area contributed by atoms with Crippen molar-refractivity contribution in [3.05, 3.63) is 11.7 Å². The van der Waals surface area contributed by atoms with E-state index in [4.69, 9.17) is 4.52 Å². The maximum Gasteiger partial charge on any atom is 0.248 e. The molecular formula is C17H28N4O2. The molecule has 0 bridgehead atoms. The first kappa shape index (κ1) is 16.4. The van der Waals surface area contributed by atoms with E-state index >= 15 is 0 Å². The molecule has 6 heteroatoms. The van der Waals surface area contributed by atoms with Crippen LogP contribution in [0.2, 0.25) is 0 Å². The minimum atomic E-state index is -0.206. The average molecular weight is 320 g/mol. The van der Waals surface area contributed by atoms with Crippen molar-refractivity contribution in [1.82, 2.24) is 20.4 Å². The van der Waals surface area contributed by atoms with Crippen molar-refractivity contribution in [2.24, 2.45) is 5.92 Å². The summed E-state index contributed by atoms with van der Waals surface area (Å²) in [7, 11) is 0. The summed E-state index contributed by atoms with van der Waals surface area (Å²) < 4.78 is 5.28. The molecule has 1 saturated heterocycles. The van der Waals surface area contributed by atoms with Crippen molar-refractivity contribution >= 4 is 5.91 Å². The van der Waals surface area contributed by atoms with E-state index in [1.165, 1.54) is 13.0 Å². The van der Waals surface area contributed by atoms with Gasteiger partial charge in [0.15, 0.2) is 5.82 Å². The summed E-state index contributed by atoms with van der Waals surface area (Å²) in [6, 6.07) is -0.206. The zero-order chi connectivity index (χ0) is 16.2. The van der Waals surface area contributed by atoms with E-state index in [2.05, 4.69) is 27.3 Å². The molecule has 0 spiro atoms. The molecule has 2 fully saturated rings. The van der Waals surface area contributed by atoms with Gasteiger partial charge in [0.25, 0.3) is 0 Å². The summed E-state index contributed by atoms with van der Waals surface area (Å²) in [5.41, 5.74) is 0. The Morgan fingerprint density at radius 1 is 1.35 bits per heavy atom. The van der Waals surface area contributed by atoms with Gasteiger partial charge in [0.2, 0.25) is 11.8 Å². The van der Waals surface area contributed by atoms with E-state index in [1.54, 1.807) is 0 Å². The highest BCUT2D eigenvalue weighted by atomic mass is 16.5. The van der Waals surface area contributed by atoms with Crippen molar-refractivity contribution in [3.8, 4) is 0 Å². The van der Waals surface area contributed by atoms with Gasteiger partial charge < -0.3 is 14.7 Å². The van der Waals surface area contributed by atoms with Gasteiger partial charge in [-0.3, -0.25) is 4.79 Å². The van der Waals surface area contributed by atoms with E-state index in [9.17, 15) is 4.79 Å². The number of nitrogens with one attached hydrogen (secondary N) is 1. The van der Waals surface area contributed by atoms with Crippen LogP contribution in [-0.4, -0.2) is 40.6 Å². The Bertz CT molecular complexity index is 518. The minimum absolute atomic E-state index is 0.0950. The summed E-state index contributed by atoms with van der Waals surface area (Å²) in [5.74, 6) is 2.39. The molecule has 1 aromatic rings. The van der Waals surface area contributed by atoms with Crippen molar-refractivity contribution in [3.63, 3.8) is 0 Å². The van der Waals surface area contributed by atoms with Crippen LogP contribution in [0.25, 0.3) is 0 Å². The first-order valence-corrected chi connectivity index (χ1v) is 9.01. The Morgan fingerprint density at radius 2 is 2.09 bits per heavy atom. The number of amides is 1. The Labute approximate surface area is 138 Å². The predicted octanol–water partition coefficient (Wildman–Crippen LogP) is 2.64. The highest BCUT2D eigenvalue weighted by molar-refractivity contribution is 5.76. The normalized spacial score (nSPS) is 21.3. The largest absolute Gasteiger partial charge is 0.345 e. The van der Waals surface area contributed by atoms with Gasteiger partial charge in [-0.05, 0) is 64.6 Å². The third-order valence-electron chi connectivity index (χ3n) is 4.87. The fourth-order valence-electron chi connectivity index (χ4n) is 3.29. The molecule has 1 aliphatic carbocycles. The van der Waals surface area contributed by atoms with Gasteiger partial charge in [0, 0.05) is 12.3 Å². The number of aromatic nitrogens is 2. The Balaban J connectivity index is 1.41. The zero-order valence-corrected chi connectivity index (χ0v) is 14.3. The van der Waals surface area contributed by atoms with Crippen LogP contribution in [0.5, 0.6) is 0 Å². The number of rotatable bonds is 7. The third-order valence-corrected chi connectivity index (χ3v) is 4.87. The van der Waals surface area contributed by atoms with Crippen molar-refractivity contribution < 1.29 is 9.32 Å². The molecular weight excluding hydrogens is 292 g/mol. The molecule has 2 aliphatic rings. The first-order chi connectivity index (χ1) is 11.2. The second-order valence-electron chi connectivity index (χ2n) is 7.04. The fraction of sp³-hybridized carbons (Fsp3) is 0.824. The Morgan fingerprint density at radius 3 is 2.74 bits per heavy atom. The van der Waals surface area contributed by atoms with Gasteiger partial charge >= 0.3 is 0 Å². The lowest BCUT2D eigenvalue weighted by Gasteiger charge is -2.31. The van der Waals surface area contributed by atoms with Crippen molar-refractivity contribution in [1.29, 1.82) is 0 Å². The molecule has 1 aliphatic heterocycles. The van der Waals surface area contributed by atoms with Gasteiger partial charge in [-0.25, -0.2) is 0 Å². The SMILES string of the molecule is CCCN1CCC(CC(=O)N[C@@H](C)c2nc(C3CC3)no2)CC1. The van der Waals surface area contributed by atoms with Gasteiger partial charge in [0.05, 0.1) is 0 Å². The minimum Gasteiger partial charge on any atom is -0.345 e. The molecule has 0 aromatic carbocycles. The van der Waals surface area contributed by atoms with E-state index in [0.717, 1.165) is 44.6 Å². The second kappa shape index (κ2) is 7.43. The van der Waals surface area contributed by atoms with Crippen LogP contribution in [0, 0.1) is 5.92 Å². The van der Waals surface area contributed by atoms with Crippen LogP contribution in [0.1, 0.15) is 76.0 Å². The van der Waals surface area contributed by atoms with Gasteiger partial charge in [-0.2, -0.15) is 4.98 Å². The number of carbonyl (C=O) groups excluding carboxylic acids is 1. The van der Waals surface area contributed by atoms with Gasteiger partial charge in [0.1, 0.15) is 6.04 Å². The molecule has 128 valence electrons. The number of nitrogens with zero attached hydrogens (tertiary/aromatic N) is 3. The maximum absolute atomic E-state index is 12.2. The second-order valence-corrected chi connectivity index (χ2v) is 7.04. The topological polar surface area (TPSA) is 71.3 Å². The lowest BCUT2D eigenvalue weighted by atomic mass is 9.93. The van der Waals surface area contributed by atoms with Gasteiger partial charge in [-0.15, -0.1) is 0 Å². The van der Waals surface area contributed by atoms with Crippen molar-refractivity contribution in [2.75, 3.05) is 19.6 Å². The Kier molecular flexibility index (Phi) is 5.30. The van der Waals surface area contributed by atoms with E-state index < -0.39 is 0 Å². The molecule has 1 saturated carbocycles. The van der Waals surface area contributed by atoms with Crippen LogP contribution in [0.3, 0.4) is 0 Å². The summed E-state index contributed by atoms with van der Waals surface area (Å²) >= 11 is 0. The smallest absolute Gasteiger partial charge is 0.248 e. The van der Waals surface area contributed by atoms with Crippen LogP contribution >= 0.6 is 0 Å². The maximum atomic E-state index is 12.2. The highest BCUT2D eigenvalue weighted by Crippen LogP contribution is 2.38. The molecule has 2 heterocycles. The molecule has 1 N–H and O–H groups in total. The van der Waals surface area contributed by atoms with Crippen LogP contribution < -0.4 is 5.32 Å². The van der Waals surface area contributed by atoms with E-state index in [1.807, 2.05) is 6.92 Å². The predicted molar refractivity (Wildman–Crippen MR) is 86.9 cm³/mol. The number of carbonyl (C=O) groups is 1. The number of likely N-dealkylation sites (tertiary alicyclic amines) is 1. The lowest BCUT2D eigenvalue weighted by Crippen LogP contribution is -2.36. The van der Waals surface area contributed by atoms with E-state index in [0.29, 0.717) is 24.1 Å². The molecule has 1 amide bonds. The Hall–Kier alpha value is -1.43. The summed E-state index contributed by atoms with van der Waals surface area (Å²) in [6.45, 7) is 7.54. The first-order valence-electron chi connectivity index (χ1n) is 9.01. The molecule has 6 nitrogen and oxygen atoms in total. The highest BCUT2D eigenvalue weighted by Gasteiger charge is 2.30. The standard InChI is InChI=1S/C17H28N4O2/c1-3-8-21-9-6-13(7-10-21)11-15(22)18-12(2)17-19-16(20-23-17)14-4-5-14/h12-14H,3-11H2,1-2H3,(H,18,22)/t12-/m0/s1. The summed E-state index contributed by atoms with van der Waals surface area (Å²) in [5, 5.41) is 7.01. The molecule has 23 heavy (non-hydrogen) atoms. The summed E-state index contributed by atoms with van der Waals surface area (Å²) in [6.07, 6.45) is 6.35. The number of hydrogen-bond acceptors (Lipinski definition) is 5. The molecule has 1 atom stereocenters. The van der Waals surface area contributed by atoms with Crippen molar-refractivity contribution in [2.45, 2.75) is 64.3 Å². The zero-order valence-electron chi connectivity index (χ0n) is 14.3. The molecule has 1 aromatic heterocycles. The fourth-order valence-corrected chi connectivity index (χ4v) is 3.29. The number of piperidine rings is 1. The lowest BCUT2D eigenvalue weighted by molar-refractivity contribution is -0.123. The van der Waals surface area contributed by atoms with Crippen LogP contribution in [0.4, 0.5) is 0 Å². The summed E-state index contributed by atoms with van der Waals surface area (Å²) in [4.78, 5) is 19.1. The molecule has 0 unspecified atom stereocenters. The number of hydrogen-bond donors (Lipinski definition) is 1. The average Bonchev–Trinajstić information content (AvgIpc) is 3.26.